The van der Waals surface area contributed by atoms with Crippen molar-refractivity contribution in [2.45, 2.75) is 4.90 Å². The van der Waals surface area contributed by atoms with Crippen molar-refractivity contribution in [2.75, 3.05) is 23.8 Å². The maximum absolute atomic E-state index is 13.1. The Balaban J connectivity index is 1.85. The van der Waals surface area contributed by atoms with Crippen LogP contribution >= 0.6 is 11.3 Å². The van der Waals surface area contributed by atoms with Gasteiger partial charge in [0.05, 0.1) is 18.4 Å². The molecule has 0 radical (unpaired) electrons. The Kier molecular flexibility index (Phi) is 6.09. The van der Waals surface area contributed by atoms with E-state index in [1.807, 2.05) is 0 Å². The maximum Gasteiger partial charge on any atom is 0.335 e. The van der Waals surface area contributed by atoms with Crippen LogP contribution in [0.4, 0.5) is 11.4 Å². The topological polar surface area (TPSA) is 113 Å². The third kappa shape index (κ3) is 4.29. The number of benzene rings is 2. The number of amides is 1. The number of aromatic carboxylic acids is 1. The molecule has 0 unspecified atom stereocenters. The predicted octanol–water partition coefficient (Wildman–Crippen LogP) is 3.53. The molecule has 0 spiro atoms. The molecule has 2 N–H and O–H groups in total. The summed E-state index contributed by atoms with van der Waals surface area (Å²) in [5.74, 6) is -1.09. The van der Waals surface area contributed by atoms with Crippen LogP contribution in [0.2, 0.25) is 0 Å². The van der Waals surface area contributed by atoms with Gasteiger partial charge in [-0.05, 0) is 60.0 Å². The molecule has 0 aliphatic heterocycles. The highest BCUT2D eigenvalue weighted by Crippen LogP contribution is 2.29. The number of hydrogen-bond donors (Lipinski definition) is 2. The molecule has 3 rings (SSSR count). The zero-order valence-corrected chi connectivity index (χ0v) is 17.7. The molecular weight excluding hydrogens is 428 g/mol. The molecular formula is C20H18N2O6S2. The third-order valence-corrected chi connectivity index (χ3v) is 7.17. The van der Waals surface area contributed by atoms with E-state index in [0.29, 0.717) is 17.1 Å². The minimum Gasteiger partial charge on any atom is -0.497 e. The van der Waals surface area contributed by atoms with Gasteiger partial charge in [-0.3, -0.25) is 9.10 Å². The van der Waals surface area contributed by atoms with Gasteiger partial charge in [0, 0.05) is 12.7 Å². The number of carboxylic acids is 1. The number of thiophene rings is 1. The van der Waals surface area contributed by atoms with Crippen LogP contribution in [0.1, 0.15) is 20.0 Å². The quantitative estimate of drug-likeness (QED) is 0.574. The summed E-state index contributed by atoms with van der Waals surface area (Å²) in [7, 11) is -1.07. The molecule has 2 aromatic carbocycles. The van der Waals surface area contributed by atoms with Crippen LogP contribution in [0, 0.1) is 0 Å². The predicted molar refractivity (Wildman–Crippen MR) is 114 cm³/mol. The largest absolute Gasteiger partial charge is 0.497 e. The number of rotatable bonds is 7. The highest BCUT2D eigenvalue weighted by molar-refractivity contribution is 7.93. The fourth-order valence-corrected chi connectivity index (χ4v) is 5.12. The molecule has 1 amide bonds. The van der Waals surface area contributed by atoms with Gasteiger partial charge in [0.15, 0.2) is 0 Å². The second-order valence-corrected chi connectivity index (χ2v) is 8.97. The van der Waals surface area contributed by atoms with E-state index >= 15 is 0 Å². The highest BCUT2D eigenvalue weighted by Gasteiger charge is 2.28. The molecule has 156 valence electrons. The molecule has 3 aromatic rings. The molecule has 30 heavy (non-hydrogen) atoms. The summed E-state index contributed by atoms with van der Waals surface area (Å²) in [6.45, 7) is 0. The van der Waals surface area contributed by atoms with Crippen LogP contribution in [0.25, 0.3) is 0 Å². The van der Waals surface area contributed by atoms with Crippen molar-refractivity contribution in [1.29, 1.82) is 0 Å². The Morgan fingerprint density at radius 1 is 1.03 bits per heavy atom. The Hall–Kier alpha value is -3.37. The first-order valence-electron chi connectivity index (χ1n) is 8.59. The Labute approximate surface area is 177 Å². The molecule has 10 heteroatoms. The molecule has 0 aliphatic carbocycles. The fourth-order valence-electron chi connectivity index (χ4n) is 2.63. The number of methoxy groups -OCH3 is 1. The lowest BCUT2D eigenvalue weighted by molar-refractivity contribution is 0.0696. The monoisotopic (exact) mass is 446 g/mol. The number of hydrogen-bond acceptors (Lipinski definition) is 6. The highest BCUT2D eigenvalue weighted by atomic mass is 32.2. The first-order valence-corrected chi connectivity index (χ1v) is 10.9. The average molecular weight is 447 g/mol. The van der Waals surface area contributed by atoms with Gasteiger partial charge in [0.1, 0.15) is 15.5 Å². The van der Waals surface area contributed by atoms with E-state index in [0.717, 1.165) is 15.6 Å². The van der Waals surface area contributed by atoms with Crippen LogP contribution in [0.15, 0.2) is 64.9 Å². The molecule has 8 nitrogen and oxygen atoms in total. The standard InChI is InChI=1S/C20H18N2O6S2/c1-22(15-7-9-16(28-2)10-8-15)30(26,27)17-11-12-29-18(17)19(23)21-14-5-3-13(4-6-14)20(24)25/h3-12H,1-2H3,(H,21,23)(H,24,25). The minimum atomic E-state index is -3.99. The van der Waals surface area contributed by atoms with Crippen molar-refractivity contribution >= 4 is 44.6 Å². The Morgan fingerprint density at radius 3 is 2.23 bits per heavy atom. The molecule has 0 atom stereocenters. The summed E-state index contributed by atoms with van der Waals surface area (Å²) >= 11 is 0.998. The number of sulfonamides is 1. The van der Waals surface area contributed by atoms with Crippen LogP contribution in [-0.2, 0) is 10.0 Å². The van der Waals surface area contributed by atoms with Crippen molar-refractivity contribution in [2.24, 2.45) is 0 Å². The summed E-state index contributed by atoms with van der Waals surface area (Å²) in [6.07, 6.45) is 0. The van der Waals surface area contributed by atoms with Crippen LogP contribution < -0.4 is 14.4 Å². The Bertz CT molecular complexity index is 1170. The first kappa shape index (κ1) is 21.3. The minimum absolute atomic E-state index is 0.0256. The smallest absolute Gasteiger partial charge is 0.335 e. The maximum atomic E-state index is 13.1. The number of ether oxygens (including phenoxy) is 1. The van der Waals surface area contributed by atoms with Gasteiger partial charge < -0.3 is 15.2 Å². The summed E-state index contributed by atoms with van der Waals surface area (Å²) in [4.78, 5) is 23.5. The molecule has 0 saturated heterocycles. The Morgan fingerprint density at radius 2 is 1.67 bits per heavy atom. The molecule has 0 bridgehead atoms. The molecule has 0 saturated carbocycles. The van der Waals surface area contributed by atoms with E-state index in [-0.39, 0.29) is 15.3 Å². The van der Waals surface area contributed by atoms with Crippen molar-refractivity contribution in [3.63, 3.8) is 0 Å². The van der Waals surface area contributed by atoms with Crippen molar-refractivity contribution in [1.82, 2.24) is 0 Å². The average Bonchev–Trinajstić information content (AvgIpc) is 3.25. The SMILES string of the molecule is COc1ccc(N(C)S(=O)(=O)c2ccsc2C(=O)Nc2ccc(C(=O)O)cc2)cc1. The second kappa shape index (κ2) is 8.56. The number of carbonyl (C=O) groups is 2. The van der Waals surface area contributed by atoms with E-state index in [4.69, 9.17) is 9.84 Å². The summed E-state index contributed by atoms with van der Waals surface area (Å²) in [5, 5.41) is 13.1. The number of nitrogens with zero attached hydrogens (tertiary/aromatic N) is 1. The van der Waals surface area contributed by atoms with Gasteiger partial charge in [-0.2, -0.15) is 0 Å². The van der Waals surface area contributed by atoms with Crippen molar-refractivity contribution in [3.8, 4) is 5.75 Å². The zero-order valence-electron chi connectivity index (χ0n) is 16.0. The summed E-state index contributed by atoms with van der Waals surface area (Å²) in [5.41, 5.74) is 0.844. The molecule has 0 aliphatic rings. The van der Waals surface area contributed by atoms with Gasteiger partial charge >= 0.3 is 5.97 Å². The summed E-state index contributed by atoms with van der Waals surface area (Å²) in [6, 6.07) is 13.4. The van der Waals surface area contributed by atoms with Crippen molar-refractivity contribution < 1.29 is 27.9 Å². The lowest BCUT2D eigenvalue weighted by Crippen LogP contribution is -2.28. The lowest BCUT2D eigenvalue weighted by atomic mass is 10.2. The van der Waals surface area contributed by atoms with Gasteiger partial charge in [0.25, 0.3) is 15.9 Å². The summed E-state index contributed by atoms with van der Waals surface area (Å²) < 4.78 is 32.4. The van der Waals surface area contributed by atoms with E-state index in [1.165, 1.54) is 49.9 Å². The number of carbonyl (C=O) groups excluding carboxylic acids is 1. The normalized spacial score (nSPS) is 11.0. The first-order chi connectivity index (χ1) is 14.2. The van der Waals surface area contributed by atoms with Crippen LogP contribution in [0.3, 0.4) is 0 Å². The second-order valence-electron chi connectivity index (χ2n) is 6.12. The van der Waals surface area contributed by atoms with Gasteiger partial charge in [0.2, 0.25) is 0 Å². The zero-order chi connectivity index (χ0) is 21.9. The molecule has 1 heterocycles. The van der Waals surface area contributed by atoms with Crippen LogP contribution in [0.5, 0.6) is 5.75 Å². The number of anilines is 2. The van der Waals surface area contributed by atoms with Gasteiger partial charge in [-0.15, -0.1) is 11.3 Å². The fraction of sp³-hybridized carbons (Fsp3) is 0.100. The number of carboxylic acid groups (broad SMARTS) is 1. The van der Waals surface area contributed by atoms with Gasteiger partial charge in [-0.25, -0.2) is 13.2 Å². The van der Waals surface area contributed by atoms with Crippen LogP contribution in [-0.4, -0.2) is 39.6 Å². The molecule has 1 aromatic heterocycles. The van der Waals surface area contributed by atoms with Crippen molar-refractivity contribution in [3.05, 3.63) is 70.4 Å². The number of nitrogens with one attached hydrogen (secondary N) is 1. The van der Waals surface area contributed by atoms with Gasteiger partial charge in [-0.1, -0.05) is 0 Å². The van der Waals surface area contributed by atoms with E-state index < -0.39 is 21.9 Å². The van der Waals surface area contributed by atoms with E-state index in [1.54, 1.807) is 24.3 Å². The van der Waals surface area contributed by atoms with E-state index in [9.17, 15) is 18.0 Å². The molecule has 0 fully saturated rings. The lowest BCUT2D eigenvalue weighted by Gasteiger charge is -2.20. The van der Waals surface area contributed by atoms with E-state index in [2.05, 4.69) is 5.32 Å². The third-order valence-electron chi connectivity index (χ3n) is 4.30.